The van der Waals surface area contributed by atoms with Crippen LogP contribution < -0.4 is 5.32 Å². The lowest BCUT2D eigenvalue weighted by atomic mass is 10.1. The van der Waals surface area contributed by atoms with Crippen molar-refractivity contribution in [3.05, 3.63) is 0 Å². The van der Waals surface area contributed by atoms with Crippen molar-refractivity contribution in [2.75, 3.05) is 24.7 Å². The van der Waals surface area contributed by atoms with E-state index in [4.69, 9.17) is 0 Å². The molecule has 0 aromatic rings. The number of nitrogens with zero attached hydrogens (tertiary/aromatic N) is 1. The molecule has 17 heavy (non-hydrogen) atoms. The normalized spacial score (nSPS) is 21.2. The molecule has 0 spiro atoms. The minimum atomic E-state index is -2.99. The smallest absolute Gasteiger partial charge is 0.240 e. The minimum Gasteiger partial charge on any atom is -0.328 e. The highest BCUT2D eigenvalue weighted by Crippen LogP contribution is 2.10. The van der Waals surface area contributed by atoms with E-state index in [9.17, 15) is 13.2 Å². The SMILES string of the molecule is CCCCC1NCN(CCS(=O)(=O)CC)C1=O. The van der Waals surface area contributed by atoms with Crippen LogP contribution in [0.5, 0.6) is 0 Å². The van der Waals surface area contributed by atoms with Crippen molar-refractivity contribution in [1.82, 2.24) is 10.2 Å². The third kappa shape index (κ3) is 4.27. The van der Waals surface area contributed by atoms with Crippen LogP contribution in [0.1, 0.15) is 33.1 Å². The van der Waals surface area contributed by atoms with E-state index in [1.165, 1.54) is 0 Å². The number of sulfone groups is 1. The molecular weight excluding hydrogens is 240 g/mol. The summed E-state index contributed by atoms with van der Waals surface area (Å²) in [6.07, 6.45) is 2.92. The Bertz CT molecular complexity index is 354. The Labute approximate surface area is 103 Å². The number of nitrogens with one attached hydrogen (secondary N) is 1. The highest BCUT2D eigenvalue weighted by atomic mass is 32.2. The molecule has 0 aliphatic carbocycles. The molecule has 1 heterocycles. The summed E-state index contributed by atoms with van der Waals surface area (Å²) in [6, 6.07) is -0.112. The van der Waals surface area contributed by atoms with E-state index in [1.807, 2.05) is 0 Å². The summed E-state index contributed by atoms with van der Waals surface area (Å²) in [7, 11) is -2.99. The van der Waals surface area contributed by atoms with E-state index in [0.717, 1.165) is 19.3 Å². The molecule has 100 valence electrons. The van der Waals surface area contributed by atoms with Gasteiger partial charge in [0.1, 0.15) is 0 Å². The van der Waals surface area contributed by atoms with E-state index in [-0.39, 0.29) is 23.5 Å². The second-order valence-electron chi connectivity index (χ2n) is 4.40. The molecular formula is C11H22N2O3S. The first-order valence-electron chi connectivity index (χ1n) is 6.22. The van der Waals surface area contributed by atoms with Gasteiger partial charge in [-0.15, -0.1) is 0 Å². The number of carbonyl (C=O) groups excluding carboxylic acids is 1. The zero-order chi connectivity index (χ0) is 12.9. The lowest BCUT2D eigenvalue weighted by Crippen LogP contribution is -2.34. The molecule has 0 aromatic heterocycles. The summed E-state index contributed by atoms with van der Waals surface area (Å²) in [5.74, 6) is 0.254. The van der Waals surface area contributed by atoms with Crippen LogP contribution >= 0.6 is 0 Å². The second-order valence-corrected chi connectivity index (χ2v) is 6.87. The van der Waals surface area contributed by atoms with Gasteiger partial charge in [-0.1, -0.05) is 26.7 Å². The molecule has 1 saturated heterocycles. The van der Waals surface area contributed by atoms with Gasteiger partial charge in [0.2, 0.25) is 5.91 Å². The number of rotatable bonds is 7. The monoisotopic (exact) mass is 262 g/mol. The Hall–Kier alpha value is -0.620. The second kappa shape index (κ2) is 6.35. The third-order valence-electron chi connectivity index (χ3n) is 3.10. The molecule has 0 bridgehead atoms. The summed E-state index contributed by atoms with van der Waals surface area (Å²) >= 11 is 0. The van der Waals surface area contributed by atoms with Gasteiger partial charge in [0.15, 0.2) is 9.84 Å². The molecule has 6 heteroatoms. The fraction of sp³-hybridized carbons (Fsp3) is 0.909. The van der Waals surface area contributed by atoms with Gasteiger partial charge >= 0.3 is 0 Å². The van der Waals surface area contributed by atoms with Crippen LogP contribution in [0.4, 0.5) is 0 Å². The van der Waals surface area contributed by atoms with Gasteiger partial charge in [-0.25, -0.2) is 8.42 Å². The van der Waals surface area contributed by atoms with E-state index in [1.54, 1.807) is 11.8 Å². The van der Waals surface area contributed by atoms with Gasteiger partial charge in [0, 0.05) is 12.3 Å². The van der Waals surface area contributed by atoms with E-state index in [0.29, 0.717) is 13.2 Å². The highest BCUT2D eigenvalue weighted by molar-refractivity contribution is 7.91. The predicted molar refractivity (Wildman–Crippen MR) is 67.4 cm³/mol. The summed E-state index contributed by atoms with van der Waals surface area (Å²) in [4.78, 5) is 13.5. The quantitative estimate of drug-likeness (QED) is 0.720. The van der Waals surface area contributed by atoms with Crippen LogP contribution in [-0.4, -0.2) is 50.0 Å². The molecule has 1 unspecified atom stereocenters. The molecule has 1 aliphatic heterocycles. The lowest BCUT2D eigenvalue weighted by Gasteiger charge is -2.14. The van der Waals surface area contributed by atoms with E-state index < -0.39 is 9.84 Å². The molecule has 1 amide bonds. The largest absolute Gasteiger partial charge is 0.328 e. The Morgan fingerprint density at radius 2 is 2.12 bits per heavy atom. The van der Waals surface area contributed by atoms with Gasteiger partial charge in [-0.2, -0.15) is 0 Å². The molecule has 1 aliphatic rings. The average Bonchev–Trinajstić information content (AvgIpc) is 2.65. The van der Waals surface area contributed by atoms with Crippen LogP contribution in [0.15, 0.2) is 0 Å². The fourth-order valence-corrected chi connectivity index (χ4v) is 2.61. The summed E-state index contributed by atoms with van der Waals surface area (Å²) in [6.45, 7) is 4.51. The fourth-order valence-electron chi connectivity index (χ4n) is 1.82. The number of amides is 1. The van der Waals surface area contributed by atoms with Crippen molar-refractivity contribution in [1.29, 1.82) is 0 Å². The third-order valence-corrected chi connectivity index (χ3v) is 4.78. The topological polar surface area (TPSA) is 66.5 Å². The predicted octanol–water partition coefficient (Wildman–Crippen LogP) is 0.369. The molecule has 0 radical (unpaired) electrons. The zero-order valence-electron chi connectivity index (χ0n) is 10.6. The maximum absolute atomic E-state index is 11.9. The number of unbranched alkanes of at least 4 members (excludes halogenated alkanes) is 1. The van der Waals surface area contributed by atoms with E-state index >= 15 is 0 Å². The first-order chi connectivity index (χ1) is 8.00. The summed E-state index contributed by atoms with van der Waals surface area (Å²) < 4.78 is 22.7. The van der Waals surface area contributed by atoms with Crippen molar-refractivity contribution >= 4 is 15.7 Å². The summed E-state index contributed by atoms with van der Waals surface area (Å²) in [5, 5.41) is 3.13. The maximum Gasteiger partial charge on any atom is 0.240 e. The van der Waals surface area contributed by atoms with Crippen molar-refractivity contribution in [3.8, 4) is 0 Å². The molecule has 0 aromatic carbocycles. The molecule has 1 N–H and O–H groups in total. The highest BCUT2D eigenvalue weighted by Gasteiger charge is 2.30. The van der Waals surface area contributed by atoms with Crippen LogP contribution in [0.25, 0.3) is 0 Å². The lowest BCUT2D eigenvalue weighted by molar-refractivity contribution is -0.128. The van der Waals surface area contributed by atoms with Gasteiger partial charge in [-0.05, 0) is 6.42 Å². The molecule has 5 nitrogen and oxygen atoms in total. The Balaban J connectivity index is 2.40. The Morgan fingerprint density at radius 3 is 2.71 bits per heavy atom. The summed E-state index contributed by atoms with van der Waals surface area (Å²) in [5.41, 5.74) is 0. The van der Waals surface area contributed by atoms with Crippen LogP contribution in [0.2, 0.25) is 0 Å². The zero-order valence-corrected chi connectivity index (χ0v) is 11.4. The van der Waals surface area contributed by atoms with Crippen molar-refractivity contribution in [2.24, 2.45) is 0 Å². The number of hydrogen-bond donors (Lipinski definition) is 1. The first kappa shape index (κ1) is 14.4. The minimum absolute atomic E-state index is 0.0461. The molecule has 0 saturated carbocycles. The maximum atomic E-state index is 11.9. The van der Waals surface area contributed by atoms with Gasteiger partial charge in [0.25, 0.3) is 0 Å². The first-order valence-corrected chi connectivity index (χ1v) is 8.05. The molecule has 1 atom stereocenters. The van der Waals surface area contributed by atoms with Crippen molar-refractivity contribution < 1.29 is 13.2 Å². The average molecular weight is 262 g/mol. The van der Waals surface area contributed by atoms with Crippen LogP contribution in [0.3, 0.4) is 0 Å². The Kier molecular flexibility index (Phi) is 5.39. The van der Waals surface area contributed by atoms with Crippen molar-refractivity contribution in [3.63, 3.8) is 0 Å². The van der Waals surface area contributed by atoms with Crippen LogP contribution in [-0.2, 0) is 14.6 Å². The van der Waals surface area contributed by atoms with E-state index in [2.05, 4.69) is 12.2 Å². The van der Waals surface area contributed by atoms with Crippen LogP contribution in [0, 0.1) is 0 Å². The van der Waals surface area contributed by atoms with Gasteiger partial charge in [0.05, 0.1) is 18.5 Å². The number of carbonyl (C=O) groups is 1. The van der Waals surface area contributed by atoms with Crippen molar-refractivity contribution in [2.45, 2.75) is 39.2 Å². The standard InChI is InChI=1S/C11H22N2O3S/c1-3-5-6-10-11(14)13(9-12-10)7-8-17(15,16)4-2/h10,12H,3-9H2,1-2H3. The van der Waals surface area contributed by atoms with Gasteiger partial charge < -0.3 is 4.90 Å². The molecule has 1 rings (SSSR count). The van der Waals surface area contributed by atoms with Gasteiger partial charge in [-0.3, -0.25) is 10.1 Å². The molecule has 1 fully saturated rings. The Morgan fingerprint density at radius 1 is 1.41 bits per heavy atom. The number of hydrogen-bond acceptors (Lipinski definition) is 4.